The highest BCUT2D eigenvalue weighted by atomic mass is 79.9. The van der Waals surface area contributed by atoms with Crippen LogP contribution in [0.2, 0.25) is 5.02 Å². The van der Waals surface area contributed by atoms with Gasteiger partial charge < -0.3 is 10.1 Å². The summed E-state index contributed by atoms with van der Waals surface area (Å²) in [4.78, 5) is 10.9. The van der Waals surface area contributed by atoms with Gasteiger partial charge >= 0.3 is 5.97 Å². The molecule has 5 heteroatoms. The first-order valence-electron chi connectivity index (χ1n) is 4.89. The van der Waals surface area contributed by atoms with Gasteiger partial charge in [-0.05, 0) is 24.6 Å². The number of esters is 1. The molecule has 0 radical (unpaired) electrons. The highest BCUT2D eigenvalue weighted by molar-refractivity contribution is 9.10. The molecule has 3 nitrogen and oxygen atoms in total. The van der Waals surface area contributed by atoms with E-state index in [-0.39, 0.29) is 5.97 Å². The molecule has 16 heavy (non-hydrogen) atoms. The van der Waals surface area contributed by atoms with Crippen molar-refractivity contribution in [1.82, 2.24) is 0 Å². The van der Waals surface area contributed by atoms with E-state index >= 15 is 0 Å². The molecule has 1 aromatic rings. The third-order valence-electron chi connectivity index (χ3n) is 2.03. The quantitative estimate of drug-likeness (QED) is 0.669. The molecule has 0 unspecified atom stereocenters. The second kappa shape index (κ2) is 6.76. The first kappa shape index (κ1) is 13.3. The maximum absolute atomic E-state index is 10.9. The second-order valence-corrected chi connectivity index (χ2v) is 4.55. The Kier molecular flexibility index (Phi) is 5.63. The summed E-state index contributed by atoms with van der Waals surface area (Å²) in [5, 5.41) is 3.83. The number of benzene rings is 1. The minimum absolute atomic E-state index is 0.192. The average molecular weight is 307 g/mol. The largest absolute Gasteiger partial charge is 0.469 e. The highest BCUT2D eigenvalue weighted by Crippen LogP contribution is 2.25. The number of hydrogen-bond acceptors (Lipinski definition) is 3. The fourth-order valence-electron chi connectivity index (χ4n) is 1.19. The van der Waals surface area contributed by atoms with Gasteiger partial charge in [0.2, 0.25) is 0 Å². The zero-order chi connectivity index (χ0) is 12.0. The third-order valence-corrected chi connectivity index (χ3v) is 2.85. The molecular weight excluding hydrogens is 293 g/mol. The van der Waals surface area contributed by atoms with Crippen LogP contribution in [0.3, 0.4) is 0 Å². The lowest BCUT2D eigenvalue weighted by molar-refractivity contribution is -0.140. The van der Waals surface area contributed by atoms with Crippen LogP contribution in [0.25, 0.3) is 0 Å². The molecule has 1 N–H and O–H groups in total. The van der Waals surface area contributed by atoms with E-state index in [9.17, 15) is 4.79 Å². The summed E-state index contributed by atoms with van der Waals surface area (Å²) in [5.41, 5.74) is 0.862. The molecule has 0 aliphatic carbocycles. The van der Waals surface area contributed by atoms with Crippen molar-refractivity contribution in [2.24, 2.45) is 0 Å². The molecule has 0 aliphatic rings. The normalized spacial score (nSPS) is 9.94. The van der Waals surface area contributed by atoms with Crippen molar-refractivity contribution < 1.29 is 9.53 Å². The van der Waals surface area contributed by atoms with Crippen LogP contribution in [-0.4, -0.2) is 19.6 Å². The molecule has 0 fully saturated rings. The van der Waals surface area contributed by atoms with Crippen LogP contribution in [0, 0.1) is 0 Å². The van der Waals surface area contributed by atoms with E-state index in [2.05, 4.69) is 26.0 Å². The van der Waals surface area contributed by atoms with Crippen LogP contribution in [0.4, 0.5) is 5.69 Å². The zero-order valence-corrected chi connectivity index (χ0v) is 11.3. The Balaban J connectivity index is 2.37. The number of rotatable bonds is 5. The summed E-state index contributed by atoms with van der Waals surface area (Å²) in [7, 11) is 1.39. The van der Waals surface area contributed by atoms with E-state index in [1.54, 1.807) is 0 Å². The fraction of sp³-hybridized carbons (Fsp3) is 0.364. The van der Waals surface area contributed by atoms with Crippen molar-refractivity contribution in [1.29, 1.82) is 0 Å². The Hall–Kier alpha value is -0.740. The lowest BCUT2D eigenvalue weighted by Crippen LogP contribution is -2.06. The van der Waals surface area contributed by atoms with Gasteiger partial charge in [0.15, 0.2) is 0 Å². The first-order chi connectivity index (χ1) is 7.63. The molecule has 0 spiro atoms. The summed E-state index contributed by atoms with van der Waals surface area (Å²) in [6.45, 7) is 0.686. The number of methoxy groups -OCH3 is 1. The molecule has 0 amide bonds. The van der Waals surface area contributed by atoms with Crippen molar-refractivity contribution in [2.45, 2.75) is 12.8 Å². The Morgan fingerprint density at radius 2 is 2.31 bits per heavy atom. The molecule has 0 aromatic heterocycles. The van der Waals surface area contributed by atoms with Gasteiger partial charge in [0.25, 0.3) is 0 Å². The predicted molar refractivity (Wildman–Crippen MR) is 68.9 cm³/mol. The summed E-state index contributed by atoms with van der Waals surface area (Å²) in [6, 6.07) is 5.59. The Morgan fingerprint density at radius 1 is 1.56 bits per heavy atom. The number of hydrogen-bond donors (Lipinski definition) is 1. The van der Waals surface area contributed by atoms with Crippen molar-refractivity contribution in [2.75, 3.05) is 19.0 Å². The lowest BCUT2D eigenvalue weighted by atomic mass is 10.3. The van der Waals surface area contributed by atoms with Gasteiger partial charge in [-0.15, -0.1) is 0 Å². The number of carbonyl (C=O) groups is 1. The standard InChI is InChI=1S/C11H13BrClNO2/c1-16-11(15)3-2-6-14-10-7-8(12)4-5-9(10)13/h4-5,7,14H,2-3,6H2,1H3. The van der Waals surface area contributed by atoms with E-state index in [1.807, 2.05) is 18.2 Å². The number of nitrogens with one attached hydrogen (secondary N) is 1. The molecule has 0 aliphatic heterocycles. The topological polar surface area (TPSA) is 38.3 Å². The van der Waals surface area contributed by atoms with E-state index in [0.29, 0.717) is 18.0 Å². The van der Waals surface area contributed by atoms with Gasteiger partial charge in [0.1, 0.15) is 0 Å². The lowest BCUT2D eigenvalue weighted by Gasteiger charge is -2.08. The average Bonchev–Trinajstić information content (AvgIpc) is 2.28. The van der Waals surface area contributed by atoms with Crippen LogP contribution in [0.1, 0.15) is 12.8 Å². The Labute approximate surface area is 108 Å². The first-order valence-corrected chi connectivity index (χ1v) is 6.06. The molecular formula is C11H13BrClNO2. The van der Waals surface area contributed by atoms with E-state index in [4.69, 9.17) is 11.6 Å². The minimum atomic E-state index is -0.192. The van der Waals surface area contributed by atoms with Crippen molar-refractivity contribution >= 4 is 39.2 Å². The zero-order valence-electron chi connectivity index (χ0n) is 8.93. The summed E-state index contributed by atoms with van der Waals surface area (Å²) in [6.07, 6.45) is 1.13. The monoisotopic (exact) mass is 305 g/mol. The summed E-state index contributed by atoms with van der Waals surface area (Å²) in [5.74, 6) is -0.192. The Bertz CT molecular complexity index is 371. The predicted octanol–water partition coefficient (Wildman–Crippen LogP) is 3.47. The smallest absolute Gasteiger partial charge is 0.305 e. The van der Waals surface area contributed by atoms with Crippen LogP contribution in [-0.2, 0) is 9.53 Å². The van der Waals surface area contributed by atoms with Gasteiger partial charge in [0, 0.05) is 17.4 Å². The number of carbonyl (C=O) groups excluding carboxylic acids is 1. The van der Waals surface area contributed by atoms with Crippen LogP contribution in [0.5, 0.6) is 0 Å². The van der Waals surface area contributed by atoms with Crippen molar-refractivity contribution in [3.63, 3.8) is 0 Å². The van der Waals surface area contributed by atoms with E-state index in [0.717, 1.165) is 16.6 Å². The SMILES string of the molecule is COC(=O)CCCNc1cc(Br)ccc1Cl. The van der Waals surface area contributed by atoms with Crippen LogP contribution in [0.15, 0.2) is 22.7 Å². The molecule has 0 saturated heterocycles. The van der Waals surface area contributed by atoms with E-state index in [1.165, 1.54) is 7.11 Å². The molecule has 1 aromatic carbocycles. The maximum Gasteiger partial charge on any atom is 0.305 e. The van der Waals surface area contributed by atoms with Crippen LogP contribution < -0.4 is 5.32 Å². The second-order valence-electron chi connectivity index (χ2n) is 3.23. The molecule has 88 valence electrons. The molecule has 1 rings (SSSR count). The van der Waals surface area contributed by atoms with Crippen molar-refractivity contribution in [3.05, 3.63) is 27.7 Å². The number of halogens is 2. The molecule has 0 saturated carbocycles. The summed E-state index contributed by atoms with van der Waals surface area (Å²) < 4.78 is 5.51. The van der Waals surface area contributed by atoms with Crippen LogP contribution >= 0.6 is 27.5 Å². The van der Waals surface area contributed by atoms with Gasteiger partial charge in [0.05, 0.1) is 17.8 Å². The highest BCUT2D eigenvalue weighted by Gasteiger charge is 2.02. The minimum Gasteiger partial charge on any atom is -0.469 e. The molecule has 0 heterocycles. The third kappa shape index (κ3) is 4.41. The van der Waals surface area contributed by atoms with Crippen molar-refractivity contribution in [3.8, 4) is 0 Å². The number of ether oxygens (including phenoxy) is 1. The van der Waals surface area contributed by atoms with Gasteiger partial charge in [-0.3, -0.25) is 4.79 Å². The summed E-state index contributed by atoms with van der Waals surface area (Å²) >= 11 is 9.36. The molecule has 0 atom stereocenters. The van der Waals surface area contributed by atoms with E-state index < -0.39 is 0 Å². The van der Waals surface area contributed by atoms with Gasteiger partial charge in [-0.2, -0.15) is 0 Å². The number of anilines is 1. The fourth-order valence-corrected chi connectivity index (χ4v) is 1.74. The van der Waals surface area contributed by atoms with Gasteiger partial charge in [-0.1, -0.05) is 27.5 Å². The molecule has 0 bridgehead atoms. The van der Waals surface area contributed by atoms with Gasteiger partial charge in [-0.25, -0.2) is 0 Å². The maximum atomic E-state index is 10.9. The Morgan fingerprint density at radius 3 is 3.00 bits per heavy atom.